The molecule has 0 spiro atoms. The lowest BCUT2D eigenvalue weighted by Gasteiger charge is -1.96. The molecule has 0 aliphatic carbocycles. The number of hydrogen-bond acceptors (Lipinski definition) is 1. The van der Waals surface area contributed by atoms with Crippen LogP contribution in [0.5, 0.6) is 0 Å². The van der Waals surface area contributed by atoms with Crippen LogP contribution in [0.1, 0.15) is 13.3 Å². The van der Waals surface area contributed by atoms with Gasteiger partial charge in [-0.2, -0.15) is 0 Å². The molecular formula is C4H9FO. The van der Waals surface area contributed by atoms with Crippen molar-refractivity contribution in [3.8, 4) is 0 Å². The summed E-state index contributed by atoms with van der Waals surface area (Å²) in [7, 11) is 1.36. The number of methoxy groups -OCH3 is 1. The van der Waals surface area contributed by atoms with Crippen molar-refractivity contribution >= 4 is 0 Å². The van der Waals surface area contributed by atoms with E-state index in [1.165, 1.54) is 7.11 Å². The van der Waals surface area contributed by atoms with Crippen molar-refractivity contribution in [2.45, 2.75) is 19.7 Å². The molecule has 0 heterocycles. The molecule has 6 heavy (non-hydrogen) atoms. The molecule has 38 valence electrons. The van der Waals surface area contributed by atoms with E-state index in [-0.39, 0.29) is 0 Å². The maximum absolute atomic E-state index is 11.6. The van der Waals surface area contributed by atoms with E-state index in [1.807, 2.05) is 0 Å². The lowest BCUT2D eigenvalue weighted by Crippen LogP contribution is -1.97. The largest absolute Gasteiger partial charge is 0.351 e. The quantitative estimate of drug-likeness (QED) is 0.499. The summed E-state index contributed by atoms with van der Waals surface area (Å²) in [5, 5.41) is 0. The Morgan fingerprint density at radius 2 is 2.33 bits per heavy atom. The highest BCUT2D eigenvalue weighted by atomic mass is 19.1. The number of halogens is 1. The molecule has 0 N–H and O–H groups in total. The van der Waals surface area contributed by atoms with Gasteiger partial charge in [0, 0.05) is 13.5 Å². The smallest absolute Gasteiger partial charge is 0.198 e. The third kappa shape index (κ3) is 2.15. The van der Waals surface area contributed by atoms with E-state index in [2.05, 4.69) is 4.74 Å². The van der Waals surface area contributed by atoms with E-state index in [0.717, 1.165) is 0 Å². The Morgan fingerprint density at radius 3 is 2.33 bits per heavy atom. The lowest BCUT2D eigenvalue weighted by atomic mass is 10.5. The first-order valence-electron chi connectivity index (χ1n) is 1.98. The molecule has 0 saturated heterocycles. The molecule has 0 aromatic rings. The molecular weight excluding hydrogens is 83.0 g/mol. The van der Waals surface area contributed by atoms with Gasteiger partial charge >= 0.3 is 0 Å². The molecule has 0 saturated carbocycles. The van der Waals surface area contributed by atoms with Gasteiger partial charge in [-0.05, 0) is 0 Å². The first-order valence-corrected chi connectivity index (χ1v) is 1.98. The molecule has 0 radical (unpaired) electrons. The summed E-state index contributed by atoms with van der Waals surface area (Å²) in [6.45, 7) is 1.73. The van der Waals surface area contributed by atoms with Gasteiger partial charge in [0.25, 0.3) is 0 Å². The van der Waals surface area contributed by atoms with Crippen LogP contribution in [0.4, 0.5) is 4.39 Å². The highest BCUT2D eigenvalue weighted by Gasteiger charge is 1.93. The van der Waals surface area contributed by atoms with Crippen molar-refractivity contribution < 1.29 is 9.13 Å². The molecule has 0 aromatic carbocycles. The molecule has 1 nitrogen and oxygen atoms in total. The Morgan fingerprint density at radius 1 is 1.83 bits per heavy atom. The minimum Gasteiger partial charge on any atom is -0.351 e. The monoisotopic (exact) mass is 92.1 g/mol. The van der Waals surface area contributed by atoms with Crippen LogP contribution in [-0.2, 0) is 4.74 Å². The van der Waals surface area contributed by atoms with Crippen molar-refractivity contribution in [3.63, 3.8) is 0 Å². The van der Waals surface area contributed by atoms with Gasteiger partial charge in [0.1, 0.15) is 0 Å². The second-order valence-electron chi connectivity index (χ2n) is 1.05. The van der Waals surface area contributed by atoms with Gasteiger partial charge in [-0.1, -0.05) is 6.92 Å². The average Bonchev–Trinajstić information content (AvgIpc) is 1.65. The molecule has 1 unspecified atom stereocenters. The van der Waals surface area contributed by atoms with E-state index < -0.39 is 6.36 Å². The van der Waals surface area contributed by atoms with Crippen molar-refractivity contribution in [3.05, 3.63) is 0 Å². The van der Waals surface area contributed by atoms with Crippen molar-refractivity contribution in [1.29, 1.82) is 0 Å². The summed E-state index contributed by atoms with van der Waals surface area (Å²) in [4.78, 5) is 0. The van der Waals surface area contributed by atoms with Gasteiger partial charge in [0.15, 0.2) is 6.36 Å². The first kappa shape index (κ1) is 5.89. The summed E-state index contributed by atoms with van der Waals surface area (Å²) in [6.07, 6.45) is -0.624. The molecule has 0 fully saturated rings. The van der Waals surface area contributed by atoms with E-state index in [4.69, 9.17) is 0 Å². The second-order valence-corrected chi connectivity index (χ2v) is 1.05. The molecule has 0 aromatic heterocycles. The van der Waals surface area contributed by atoms with Gasteiger partial charge in [-0.3, -0.25) is 0 Å². The third-order valence-electron chi connectivity index (χ3n) is 0.577. The lowest BCUT2D eigenvalue weighted by molar-refractivity contribution is -0.00675. The minimum atomic E-state index is -1.06. The number of hydrogen-bond donors (Lipinski definition) is 0. The van der Waals surface area contributed by atoms with Crippen LogP contribution in [-0.4, -0.2) is 13.5 Å². The Labute approximate surface area is 37.1 Å². The van der Waals surface area contributed by atoms with Crippen molar-refractivity contribution in [2.75, 3.05) is 7.11 Å². The summed E-state index contributed by atoms with van der Waals surface area (Å²) < 4.78 is 15.9. The van der Waals surface area contributed by atoms with Gasteiger partial charge in [-0.15, -0.1) is 0 Å². The van der Waals surface area contributed by atoms with Gasteiger partial charge in [0.05, 0.1) is 0 Å². The zero-order valence-corrected chi connectivity index (χ0v) is 4.07. The fraction of sp³-hybridized carbons (Fsp3) is 1.00. The topological polar surface area (TPSA) is 9.23 Å². The van der Waals surface area contributed by atoms with E-state index >= 15 is 0 Å². The van der Waals surface area contributed by atoms with Crippen LogP contribution in [0.2, 0.25) is 0 Å². The van der Waals surface area contributed by atoms with Crippen molar-refractivity contribution in [2.24, 2.45) is 0 Å². The summed E-state index contributed by atoms with van der Waals surface area (Å²) in [5.41, 5.74) is 0. The predicted molar refractivity (Wildman–Crippen MR) is 22.2 cm³/mol. The van der Waals surface area contributed by atoms with Gasteiger partial charge in [0.2, 0.25) is 0 Å². The Kier molecular flexibility index (Phi) is 3.04. The van der Waals surface area contributed by atoms with Crippen LogP contribution in [0.3, 0.4) is 0 Å². The van der Waals surface area contributed by atoms with E-state index in [0.29, 0.717) is 6.42 Å². The SMILES string of the molecule is CCC(F)OC. The maximum Gasteiger partial charge on any atom is 0.198 e. The van der Waals surface area contributed by atoms with Crippen LogP contribution in [0.25, 0.3) is 0 Å². The van der Waals surface area contributed by atoms with Gasteiger partial charge in [-0.25, -0.2) is 4.39 Å². The average molecular weight is 92.1 g/mol. The molecule has 2 heteroatoms. The predicted octanol–water partition coefficient (Wildman–Crippen LogP) is 1.34. The standard InChI is InChI=1S/C4H9FO/c1-3-4(5)6-2/h4H,3H2,1-2H3. The van der Waals surface area contributed by atoms with Crippen molar-refractivity contribution in [1.82, 2.24) is 0 Å². The van der Waals surface area contributed by atoms with Gasteiger partial charge < -0.3 is 4.74 Å². The Bertz CT molecular complexity index is 26.7. The molecule has 0 aliphatic rings. The summed E-state index contributed by atoms with van der Waals surface area (Å²) in [5.74, 6) is 0. The molecule has 0 amide bonds. The normalized spacial score (nSPS) is 14.5. The number of ether oxygens (including phenoxy) is 1. The number of alkyl halides is 1. The van der Waals surface area contributed by atoms with Crippen LogP contribution in [0.15, 0.2) is 0 Å². The highest BCUT2D eigenvalue weighted by molar-refractivity contribution is 4.27. The zero-order valence-electron chi connectivity index (χ0n) is 4.07. The van der Waals surface area contributed by atoms with E-state index in [9.17, 15) is 4.39 Å². The fourth-order valence-corrected chi connectivity index (χ4v) is 0.167. The first-order chi connectivity index (χ1) is 2.81. The van der Waals surface area contributed by atoms with Crippen LogP contribution in [0, 0.1) is 0 Å². The minimum absolute atomic E-state index is 0.441. The molecule has 0 bridgehead atoms. The maximum atomic E-state index is 11.6. The Hall–Kier alpha value is -0.110. The molecule has 0 rings (SSSR count). The van der Waals surface area contributed by atoms with Crippen LogP contribution >= 0.6 is 0 Å². The van der Waals surface area contributed by atoms with E-state index in [1.54, 1.807) is 6.92 Å². The number of rotatable bonds is 2. The highest BCUT2D eigenvalue weighted by Crippen LogP contribution is 1.93. The second kappa shape index (κ2) is 3.09. The Balaban J connectivity index is 2.75. The summed E-state index contributed by atoms with van der Waals surface area (Å²) in [6, 6.07) is 0. The molecule has 0 aliphatic heterocycles. The fourth-order valence-electron chi connectivity index (χ4n) is 0.167. The summed E-state index contributed by atoms with van der Waals surface area (Å²) >= 11 is 0. The molecule has 1 atom stereocenters. The third-order valence-corrected chi connectivity index (χ3v) is 0.577. The van der Waals surface area contributed by atoms with Crippen LogP contribution < -0.4 is 0 Å². The zero-order chi connectivity index (χ0) is 4.99.